The molecule has 0 spiro atoms. The van der Waals surface area contributed by atoms with Gasteiger partial charge in [0.1, 0.15) is 110 Å². The molecule has 0 bridgehead atoms. The first-order chi connectivity index (χ1) is 55.5. The third-order valence-electron chi connectivity index (χ3n) is 18.7. The Hall–Kier alpha value is -8.68. The predicted octanol–water partition coefficient (Wildman–Crippen LogP) is -3.69. The number of nitrogens with zero attached hydrogens (tertiary/aromatic N) is 16. The molecule has 52 nitrogen and oxygen atoms in total. The minimum absolute atomic E-state index is 0. The molecule has 0 amide bonds. The number of ether oxygens (including phenoxy) is 4. The quantitative estimate of drug-likeness (QED) is 0.0166. The van der Waals surface area contributed by atoms with Crippen LogP contribution in [0.15, 0.2) is 108 Å². The van der Waals surface area contributed by atoms with Crippen LogP contribution in [-0.4, -0.2) is 289 Å². The maximum absolute atomic E-state index is 13.0. The number of aliphatic hydroxyl groups is 6. The molecule has 23 N–H and O–H groups in total. The lowest BCUT2D eigenvalue weighted by Gasteiger charge is -2.30. The zero-order valence-electron chi connectivity index (χ0n) is 64.6. The summed E-state index contributed by atoms with van der Waals surface area (Å²) in [7, 11) is -11.8. The molecule has 0 aliphatic carbocycles. The highest BCUT2D eigenvalue weighted by Gasteiger charge is 2.52. The van der Waals surface area contributed by atoms with Crippen molar-refractivity contribution in [2.24, 2.45) is 0 Å². The Bertz CT molecular complexity index is 5090. The number of nitrogens with one attached hydrogen (secondary N) is 2. The summed E-state index contributed by atoms with van der Waals surface area (Å²) in [5.74, 6) is -0.597. The van der Waals surface area contributed by atoms with E-state index in [1.807, 2.05) is 0 Å². The number of aliphatic hydroxyl groups excluding tert-OH is 6. The Balaban J connectivity index is 0.000000208. The van der Waals surface area contributed by atoms with Gasteiger partial charge in [0.15, 0.2) is 70.2 Å². The van der Waals surface area contributed by atoms with Gasteiger partial charge in [0.05, 0.1) is 93.0 Å². The number of rotatable bonds is 28. The van der Waals surface area contributed by atoms with Gasteiger partial charge in [-0.1, -0.05) is 74.5 Å². The van der Waals surface area contributed by atoms with Crippen molar-refractivity contribution in [2.45, 2.75) is 138 Å². The smallest absolute Gasteiger partial charge is 0.469 e. The summed E-state index contributed by atoms with van der Waals surface area (Å²) in [4.78, 5) is 131. The molecule has 56 heteroatoms. The lowest BCUT2D eigenvalue weighted by atomic mass is 10.1. The fourth-order valence-corrected chi connectivity index (χ4v) is 16.0. The maximum atomic E-state index is 13.0. The van der Waals surface area contributed by atoms with E-state index in [-0.39, 0.29) is 79.1 Å². The average Bonchev–Trinajstić information content (AvgIpc) is 1.63. The van der Waals surface area contributed by atoms with Gasteiger partial charge in [0.2, 0.25) is 11.9 Å². The van der Waals surface area contributed by atoms with Gasteiger partial charge in [-0.05, 0) is 12.8 Å². The molecule has 660 valence electrons. The summed E-state index contributed by atoms with van der Waals surface area (Å²) in [6.45, 7) is 5.66. The predicted molar refractivity (Wildman–Crippen MR) is 410 cm³/mol. The van der Waals surface area contributed by atoms with Crippen LogP contribution in [0.2, 0.25) is 0 Å². The second-order valence-corrected chi connectivity index (χ2v) is 33.9. The highest BCUT2D eigenvalue weighted by molar-refractivity contribution is 7.46. The van der Waals surface area contributed by atoms with Crippen LogP contribution in [0.1, 0.15) is 62.7 Å². The number of benzene rings is 2. The fourth-order valence-electron chi connectivity index (χ4n) is 13.5. The highest BCUT2D eigenvalue weighted by Crippen LogP contribution is 2.50. The van der Waals surface area contributed by atoms with Gasteiger partial charge < -0.3 is 140 Å². The number of nitrogen functional groups attached to an aromatic ring is 4. The number of anilines is 4. The molecule has 4 aliphatic heterocycles. The Labute approximate surface area is 678 Å². The molecule has 12 unspecified atom stereocenters. The number of fused-ring (bicyclic) bond motifs is 4. The number of nitrogens with two attached hydrogens (primary N) is 4. The molecule has 120 heavy (non-hydrogen) atoms. The Morgan fingerprint density at radius 1 is 0.450 bits per heavy atom. The second kappa shape index (κ2) is 39.2. The van der Waals surface area contributed by atoms with Crippen molar-refractivity contribution in [1.29, 1.82) is 0 Å². The number of aromatic nitrogens is 16. The van der Waals surface area contributed by atoms with Gasteiger partial charge in [0, 0.05) is 11.1 Å². The Morgan fingerprint density at radius 2 is 0.758 bits per heavy atom. The van der Waals surface area contributed by atoms with Gasteiger partial charge in [-0.25, -0.2) is 49.0 Å². The topological polar surface area (TPSA) is 789 Å². The van der Waals surface area contributed by atoms with Gasteiger partial charge >= 0.3 is 15.6 Å². The third-order valence-corrected chi connectivity index (χ3v) is 21.7. The van der Waals surface area contributed by atoms with Crippen molar-refractivity contribution in [3.05, 3.63) is 130 Å². The van der Waals surface area contributed by atoms with Crippen LogP contribution in [0.4, 0.5) is 23.5 Å². The first-order valence-electron chi connectivity index (χ1n) is 36.0. The third kappa shape index (κ3) is 23.2. The first kappa shape index (κ1) is 95.2. The minimum Gasteiger partial charge on any atom is -0.870 e. The number of hydrogen-bond acceptors (Lipinski definition) is 39. The van der Waals surface area contributed by atoms with E-state index >= 15 is 0 Å². The van der Waals surface area contributed by atoms with Crippen LogP contribution >= 0.6 is 31.3 Å². The number of quaternary nitrogens is 2. The van der Waals surface area contributed by atoms with Crippen LogP contribution in [0, 0.1) is 0 Å². The highest BCUT2D eigenvalue weighted by atomic mass is 31.2. The lowest BCUT2D eigenvalue weighted by Crippen LogP contribution is -2.39. The van der Waals surface area contributed by atoms with E-state index in [9.17, 15) is 68.3 Å². The average molecular weight is 1770 g/mol. The summed E-state index contributed by atoms with van der Waals surface area (Å²) in [5, 5.41) is 64.2. The van der Waals surface area contributed by atoms with Crippen molar-refractivity contribution < 1.29 is 144 Å². The zero-order chi connectivity index (χ0) is 85.7. The molecule has 2 aromatic carbocycles. The van der Waals surface area contributed by atoms with Crippen molar-refractivity contribution in [2.75, 3.05) is 90.6 Å². The monoisotopic (exact) mass is 1770 g/mol. The summed E-state index contributed by atoms with van der Waals surface area (Å²) in [5.41, 5.74) is 24.1. The summed E-state index contributed by atoms with van der Waals surface area (Å²) >= 11 is 0. The van der Waals surface area contributed by atoms with Gasteiger partial charge in [-0.3, -0.25) is 56.0 Å². The standard InChI is InChI=1S/2C20H26N10O14P2.2C12H20N.2H2O/c2*21-14-8-15(24-3-23-14)29(4-25-8)19-13(11(32)7(43-19)1-40-45(35,36)37)44-46(38,39)41-2-6-10(31)12(33)18(42-6)30-5-26-9-16(30)27-20(22)28-17(9)34;2*1-4-10-13(2,3)11-12-8-6-5-7-9-12;;/h2*3-7,10-13,18-19,31-33H,1-2H2,(H,38,39)(H2,21,23,24)(H2,35,36,37)(H3,22,27,28,34);2*5-9H,4,10-11H2,1-3H3;2*1H2/q;;2*+1;;/p-3/t6-,7-,10?,11?,12+,13+,18-,19-;;;;;/m1...../s1. The molecule has 14 rings (SSSR count). The normalized spacial score (nSPS) is 25.5. The van der Waals surface area contributed by atoms with E-state index in [1.165, 1.54) is 37.1 Å². The van der Waals surface area contributed by atoms with E-state index in [4.69, 9.17) is 79.6 Å². The number of hydrogen-bond donors (Lipinski definition) is 16. The number of phosphoric acid groups is 4. The molecular weight excluding hydrogens is 1680 g/mol. The van der Waals surface area contributed by atoms with E-state index < -0.39 is 167 Å². The van der Waals surface area contributed by atoms with Gasteiger partial charge in [-0.15, -0.1) is 0 Å². The van der Waals surface area contributed by atoms with Gasteiger partial charge in [-0.2, -0.15) is 9.97 Å². The van der Waals surface area contributed by atoms with Crippen molar-refractivity contribution in [1.82, 2.24) is 78.1 Å². The van der Waals surface area contributed by atoms with Crippen LogP contribution < -0.4 is 43.8 Å². The molecule has 10 aromatic rings. The summed E-state index contributed by atoms with van der Waals surface area (Å²) in [6.07, 6.45) is -17.0. The second-order valence-electron chi connectivity index (χ2n) is 28.7. The van der Waals surface area contributed by atoms with Gasteiger partial charge in [0.25, 0.3) is 26.8 Å². The number of phosphoric ester groups is 4. The molecule has 4 saturated heterocycles. The van der Waals surface area contributed by atoms with Crippen molar-refractivity contribution >= 4 is 99.5 Å². The lowest BCUT2D eigenvalue weighted by molar-refractivity contribution is -0.903. The zero-order valence-corrected chi connectivity index (χ0v) is 68.1. The minimum atomic E-state index is -5.44. The van der Waals surface area contributed by atoms with Crippen LogP contribution in [0.5, 0.6) is 0 Å². The number of H-pyrrole nitrogens is 2. The van der Waals surface area contributed by atoms with Crippen LogP contribution in [-0.2, 0) is 77.4 Å². The van der Waals surface area contributed by atoms with E-state index in [2.05, 4.69) is 172 Å². The van der Waals surface area contributed by atoms with Crippen LogP contribution in [0.3, 0.4) is 0 Å². The first-order valence-corrected chi connectivity index (χ1v) is 41.9. The molecule has 0 saturated carbocycles. The van der Waals surface area contributed by atoms with Crippen molar-refractivity contribution in [3.63, 3.8) is 0 Å². The molecule has 4 fully saturated rings. The number of aromatic amines is 2. The Kier molecular flexibility index (Phi) is 31.1. The molecule has 8 aromatic heterocycles. The van der Waals surface area contributed by atoms with Crippen molar-refractivity contribution in [3.8, 4) is 0 Å². The Morgan fingerprint density at radius 3 is 1.09 bits per heavy atom. The largest absolute Gasteiger partial charge is 0.870 e. The SMILES string of the molecule is CCC[N+](C)(C)Cc1ccccc1.CCC[N+](C)(C)Cc1ccccc1.Nc1nc2c(ncn2C2OC(COP(=O)([O-])OC3C(O)C(COP(=O)(O)O)OC3n3cnc4c(N)ncnc43)C(O)C2O)c(=O)[nH]1.Nc1nc2c(ncn2[C@@H]2O[C@H](COP(=O)([O-])O[C@H]3C(O)[C@@H](COP(=O)(O)O)O[C@H]3n3cnc4c(N)ncnc43)C(O)[C@@H]2O)c(=O)[nH]1.O.[OH-]. The molecular formula is C64H93N22O30P4-. The maximum Gasteiger partial charge on any atom is 0.469 e. The summed E-state index contributed by atoms with van der Waals surface area (Å²) < 4.78 is 107. The van der Waals surface area contributed by atoms with E-state index in [0.717, 1.165) is 78.3 Å². The van der Waals surface area contributed by atoms with E-state index in [1.54, 1.807) is 0 Å². The van der Waals surface area contributed by atoms with E-state index in [0.29, 0.717) is 0 Å². The molecule has 4 aliphatic rings. The number of imidazole rings is 4. The van der Waals surface area contributed by atoms with Crippen LogP contribution in [0.25, 0.3) is 44.7 Å². The fraction of sp³-hybridized carbons (Fsp3) is 0.500. The summed E-state index contributed by atoms with van der Waals surface area (Å²) in [6, 6.07) is 21.4. The molecule has 12 heterocycles. The molecule has 0 radical (unpaired) electrons. The molecule has 18 atom stereocenters.